The second kappa shape index (κ2) is 8.29. The molecule has 2 aromatic heterocycles. The van der Waals surface area contributed by atoms with Crippen molar-refractivity contribution in [2.24, 2.45) is 0 Å². The third-order valence-corrected chi connectivity index (χ3v) is 5.96. The number of hydrogen-bond donors (Lipinski definition) is 1. The molecule has 1 N–H and O–H groups in total. The lowest BCUT2D eigenvalue weighted by Gasteiger charge is -2.37. The first kappa shape index (κ1) is 20.7. The van der Waals surface area contributed by atoms with E-state index in [0.717, 1.165) is 5.01 Å². The molecule has 11 heteroatoms. The Hall–Kier alpha value is -2.56. The summed E-state index contributed by atoms with van der Waals surface area (Å²) in [5.41, 5.74) is 0.631. The lowest BCUT2D eigenvalue weighted by molar-refractivity contribution is -0.0361. The number of halogens is 2. The van der Waals surface area contributed by atoms with Crippen LogP contribution in [-0.4, -0.2) is 64.2 Å². The number of nitrogens with zero attached hydrogens (tertiary/aromatic N) is 4. The van der Waals surface area contributed by atoms with Gasteiger partial charge in [0.05, 0.1) is 25.2 Å². The van der Waals surface area contributed by atoms with Gasteiger partial charge in [-0.25, -0.2) is 23.5 Å². The van der Waals surface area contributed by atoms with Crippen molar-refractivity contribution in [3.8, 4) is 17.4 Å². The highest BCUT2D eigenvalue weighted by molar-refractivity contribution is 7.09. The van der Waals surface area contributed by atoms with Gasteiger partial charge in [-0.3, -0.25) is 0 Å². The van der Waals surface area contributed by atoms with Crippen LogP contribution in [0.25, 0.3) is 11.5 Å². The molecule has 1 amide bonds. The molecule has 3 heterocycles. The van der Waals surface area contributed by atoms with Crippen molar-refractivity contribution in [3.05, 3.63) is 16.5 Å². The number of rotatable bonds is 5. The van der Waals surface area contributed by atoms with Gasteiger partial charge in [-0.05, 0) is 19.8 Å². The summed E-state index contributed by atoms with van der Waals surface area (Å²) in [6.45, 7) is 2.70. The molecule has 1 saturated heterocycles. The number of carbonyl (C=O) groups excluding carboxylic acids is 1. The Kier molecular flexibility index (Phi) is 5.72. The van der Waals surface area contributed by atoms with E-state index >= 15 is 0 Å². The van der Waals surface area contributed by atoms with E-state index in [1.54, 1.807) is 6.07 Å². The Morgan fingerprint density at radius 2 is 2.00 bits per heavy atom. The van der Waals surface area contributed by atoms with Crippen LogP contribution in [0.2, 0.25) is 0 Å². The van der Waals surface area contributed by atoms with E-state index < -0.39 is 12.0 Å². The molecule has 30 heavy (non-hydrogen) atoms. The van der Waals surface area contributed by atoms with Crippen LogP contribution in [0.4, 0.5) is 19.4 Å². The summed E-state index contributed by atoms with van der Waals surface area (Å²) in [6, 6.07) is 1.58. The molecule has 4 rings (SSSR count). The number of anilines is 1. The second-order valence-electron chi connectivity index (χ2n) is 7.56. The van der Waals surface area contributed by atoms with E-state index in [2.05, 4.69) is 25.0 Å². The predicted octanol–water partition coefficient (Wildman–Crippen LogP) is 3.73. The van der Waals surface area contributed by atoms with E-state index in [1.807, 2.05) is 12.3 Å². The average molecular weight is 439 g/mol. The van der Waals surface area contributed by atoms with Gasteiger partial charge in [-0.2, -0.15) is 4.98 Å². The largest absolute Gasteiger partial charge is 0.470 e. The minimum Gasteiger partial charge on any atom is -0.470 e. The van der Waals surface area contributed by atoms with Gasteiger partial charge >= 0.3 is 6.09 Å². The first-order valence-electron chi connectivity index (χ1n) is 9.77. The molecule has 8 nitrogen and oxygen atoms in total. The molecule has 0 aromatic carbocycles. The van der Waals surface area contributed by atoms with Crippen molar-refractivity contribution in [2.75, 3.05) is 25.5 Å². The molecule has 2 aliphatic rings. The maximum absolute atomic E-state index is 13.5. The van der Waals surface area contributed by atoms with Crippen molar-refractivity contribution in [1.82, 2.24) is 19.9 Å². The smallest absolute Gasteiger partial charge is 0.409 e. The number of carbonyl (C=O) groups is 1. The third-order valence-electron chi connectivity index (χ3n) is 5.19. The number of likely N-dealkylation sites (tertiary alicyclic amines) is 1. The normalized spacial score (nSPS) is 19.3. The summed E-state index contributed by atoms with van der Waals surface area (Å²) in [7, 11) is 1.34. The fourth-order valence-electron chi connectivity index (χ4n) is 3.50. The number of aromatic nitrogens is 3. The van der Waals surface area contributed by atoms with Crippen LogP contribution in [0.1, 0.15) is 30.7 Å². The van der Waals surface area contributed by atoms with Gasteiger partial charge in [0.2, 0.25) is 11.8 Å². The summed E-state index contributed by atoms with van der Waals surface area (Å²) < 4.78 is 37.5. The van der Waals surface area contributed by atoms with E-state index in [1.165, 1.54) is 23.3 Å². The highest BCUT2D eigenvalue weighted by Gasteiger charge is 2.35. The number of ether oxygens (including phenoxy) is 2. The molecule has 2 fully saturated rings. The Bertz CT molecular complexity index is 909. The number of hydrogen-bond acceptors (Lipinski definition) is 8. The number of thiazole rings is 1. The summed E-state index contributed by atoms with van der Waals surface area (Å²) in [6.07, 6.45) is -0.131. The minimum absolute atomic E-state index is 0.0871. The molecule has 162 valence electrons. The van der Waals surface area contributed by atoms with Crippen LogP contribution in [0.3, 0.4) is 0 Å². The molecular weight excluding hydrogens is 416 g/mol. The van der Waals surface area contributed by atoms with E-state index in [0.29, 0.717) is 49.1 Å². The van der Waals surface area contributed by atoms with Crippen LogP contribution >= 0.6 is 11.3 Å². The van der Waals surface area contributed by atoms with E-state index in [4.69, 9.17) is 4.74 Å². The molecule has 0 radical (unpaired) electrons. The molecule has 0 atom stereocenters. The standard InChI is InChI=1S/C19H23F2N5O3S/c1-11-22-14(10-30-11)17-24-15(23-12-3-5-19(20,21)6-4-12)7-16(25-17)29-13-8-26(9-13)18(27)28-2/h7,10,12-13H,3-6,8-9H2,1-2H3,(H,23,24,25). The SMILES string of the molecule is COC(=O)N1CC(Oc2cc(NC3CCC(F)(F)CC3)nc(-c3csc(C)n3)n2)C1. The molecule has 1 aliphatic carbocycles. The number of nitrogens with one attached hydrogen (secondary N) is 1. The maximum Gasteiger partial charge on any atom is 0.409 e. The number of amides is 1. The van der Waals surface area contributed by atoms with Gasteiger partial charge in [0.1, 0.15) is 17.6 Å². The van der Waals surface area contributed by atoms with Gasteiger partial charge < -0.3 is 19.7 Å². The predicted molar refractivity (Wildman–Crippen MR) is 107 cm³/mol. The van der Waals surface area contributed by atoms with Gasteiger partial charge in [-0.15, -0.1) is 11.3 Å². The monoisotopic (exact) mass is 439 g/mol. The molecule has 1 aliphatic heterocycles. The van der Waals surface area contributed by atoms with Crippen LogP contribution < -0.4 is 10.1 Å². The molecule has 2 aromatic rings. The van der Waals surface area contributed by atoms with E-state index in [-0.39, 0.29) is 25.0 Å². The minimum atomic E-state index is -2.59. The van der Waals surface area contributed by atoms with Crippen LogP contribution in [0.15, 0.2) is 11.4 Å². The van der Waals surface area contributed by atoms with Crippen LogP contribution in [0, 0.1) is 6.92 Å². The highest BCUT2D eigenvalue weighted by Crippen LogP contribution is 2.34. The second-order valence-corrected chi connectivity index (χ2v) is 8.62. The molecule has 1 saturated carbocycles. The van der Waals surface area contributed by atoms with Gasteiger partial charge in [0.25, 0.3) is 0 Å². The third kappa shape index (κ3) is 4.77. The molecule has 0 unspecified atom stereocenters. The van der Waals surface area contributed by atoms with Crippen molar-refractivity contribution >= 4 is 23.2 Å². The van der Waals surface area contributed by atoms with E-state index in [9.17, 15) is 13.6 Å². The molecule has 0 bridgehead atoms. The average Bonchev–Trinajstić information content (AvgIpc) is 3.12. The first-order valence-corrected chi connectivity index (χ1v) is 10.6. The molecule has 0 spiro atoms. The zero-order valence-corrected chi connectivity index (χ0v) is 17.5. The summed E-state index contributed by atoms with van der Waals surface area (Å²) in [5.74, 6) is -1.31. The topological polar surface area (TPSA) is 89.5 Å². The van der Waals surface area contributed by atoms with Crippen LogP contribution in [0.5, 0.6) is 5.88 Å². The van der Waals surface area contributed by atoms with Crippen LogP contribution in [-0.2, 0) is 4.74 Å². The fraction of sp³-hybridized carbons (Fsp3) is 0.579. The quantitative estimate of drug-likeness (QED) is 0.759. The summed E-state index contributed by atoms with van der Waals surface area (Å²) in [4.78, 5) is 26.4. The number of aryl methyl sites for hydroxylation is 1. The maximum atomic E-state index is 13.5. The Balaban J connectivity index is 1.49. The number of methoxy groups -OCH3 is 1. The fourth-order valence-corrected chi connectivity index (χ4v) is 4.09. The van der Waals surface area contributed by atoms with Gasteiger partial charge in [0.15, 0.2) is 5.82 Å². The number of alkyl halides is 2. The van der Waals surface area contributed by atoms with Gasteiger partial charge in [-0.1, -0.05) is 0 Å². The first-order chi connectivity index (χ1) is 14.3. The Morgan fingerprint density at radius 3 is 2.63 bits per heavy atom. The van der Waals surface area contributed by atoms with Crippen molar-refractivity contribution in [2.45, 2.75) is 50.7 Å². The van der Waals surface area contributed by atoms with Crippen molar-refractivity contribution in [1.29, 1.82) is 0 Å². The zero-order valence-electron chi connectivity index (χ0n) is 16.7. The lowest BCUT2D eigenvalue weighted by atomic mass is 9.92. The van der Waals surface area contributed by atoms with Crippen molar-refractivity contribution in [3.63, 3.8) is 0 Å². The Labute approximate surface area is 176 Å². The highest BCUT2D eigenvalue weighted by atomic mass is 32.1. The van der Waals surface area contributed by atoms with Gasteiger partial charge in [0, 0.05) is 30.3 Å². The van der Waals surface area contributed by atoms with Crippen molar-refractivity contribution < 1.29 is 23.0 Å². The summed E-state index contributed by atoms with van der Waals surface area (Å²) in [5, 5.41) is 6.00. The zero-order chi connectivity index (χ0) is 21.3. The summed E-state index contributed by atoms with van der Waals surface area (Å²) >= 11 is 1.49. The Morgan fingerprint density at radius 1 is 1.27 bits per heavy atom. The molecular formula is C19H23F2N5O3S. The lowest BCUT2D eigenvalue weighted by Crippen LogP contribution is -2.56.